The quantitative estimate of drug-likeness (QED) is 0.754. The molecule has 0 unspecified atom stereocenters. The summed E-state index contributed by atoms with van der Waals surface area (Å²) < 4.78 is 0. The number of rotatable bonds is 3. The van der Waals surface area contributed by atoms with Crippen molar-refractivity contribution in [3.63, 3.8) is 0 Å². The first-order chi connectivity index (χ1) is 9.72. The van der Waals surface area contributed by atoms with Crippen LogP contribution >= 0.6 is 0 Å². The first-order valence-corrected chi connectivity index (χ1v) is 6.22. The second kappa shape index (κ2) is 5.08. The zero-order valence-electron chi connectivity index (χ0n) is 10.9. The molecule has 0 saturated heterocycles. The van der Waals surface area contributed by atoms with Crippen molar-refractivity contribution in [1.82, 2.24) is 25.3 Å². The summed E-state index contributed by atoms with van der Waals surface area (Å²) in [4.78, 5) is 27.4. The molecule has 0 bridgehead atoms. The minimum Gasteiger partial charge on any atom is -0.346 e. The summed E-state index contributed by atoms with van der Waals surface area (Å²) in [5, 5.41) is 2.84. The third-order valence-electron chi connectivity index (χ3n) is 2.95. The van der Waals surface area contributed by atoms with E-state index in [0.29, 0.717) is 17.9 Å². The van der Waals surface area contributed by atoms with Crippen molar-refractivity contribution in [2.24, 2.45) is 0 Å². The fourth-order valence-electron chi connectivity index (χ4n) is 1.95. The van der Waals surface area contributed by atoms with Crippen LogP contribution in [0.15, 0.2) is 36.8 Å². The lowest BCUT2D eigenvalue weighted by Crippen LogP contribution is -2.23. The Morgan fingerprint density at radius 3 is 3.05 bits per heavy atom. The summed E-state index contributed by atoms with van der Waals surface area (Å²) in [7, 11) is 0. The molecule has 20 heavy (non-hydrogen) atoms. The van der Waals surface area contributed by atoms with E-state index >= 15 is 0 Å². The maximum atomic E-state index is 12.1. The van der Waals surface area contributed by atoms with E-state index in [1.807, 2.05) is 13.0 Å². The van der Waals surface area contributed by atoms with Crippen molar-refractivity contribution in [3.8, 4) is 0 Å². The van der Waals surface area contributed by atoms with Gasteiger partial charge in [-0.25, -0.2) is 15.0 Å². The largest absolute Gasteiger partial charge is 0.346 e. The molecule has 1 amide bonds. The van der Waals surface area contributed by atoms with E-state index in [1.54, 1.807) is 30.7 Å². The maximum Gasteiger partial charge on any atom is 0.251 e. The molecule has 2 aromatic heterocycles. The van der Waals surface area contributed by atoms with Crippen molar-refractivity contribution in [1.29, 1.82) is 0 Å². The van der Waals surface area contributed by atoms with E-state index in [1.165, 1.54) is 0 Å². The number of hydrogen-bond donors (Lipinski definition) is 2. The molecule has 0 atom stereocenters. The Kier molecular flexibility index (Phi) is 3.12. The molecule has 3 aromatic rings. The van der Waals surface area contributed by atoms with E-state index in [0.717, 1.165) is 16.7 Å². The van der Waals surface area contributed by atoms with Crippen molar-refractivity contribution in [3.05, 3.63) is 53.9 Å². The number of imidazole rings is 1. The third kappa shape index (κ3) is 2.49. The van der Waals surface area contributed by atoms with Crippen molar-refractivity contribution in [2.75, 3.05) is 0 Å². The lowest BCUT2D eigenvalue weighted by atomic mass is 10.2. The summed E-state index contributed by atoms with van der Waals surface area (Å²) in [6.45, 7) is 2.20. The number of aromatic amines is 1. The van der Waals surface area contributed by atoms with E-state index in [9.17, 15) is 4.79 Å². The molecular weight excluding hydrogens is 254 g/mol. The highest BCUT2D eigenvalue weighted by molar-refractivity contribution is 5.97. The fourth-order valence-corrected chi connectivity index (χ4v) is 1.95. The zero-order chi connectivity index (χ0) is 13.9. The van der Waals surface area contributed by atoms with Crippen molar-refractivity contribution < 1.29 is 4.79 Å². The average Bonchev–Trinajstić information content (AvgIpc) is 2.92. The highest BCUT2D eigenvalue weighted by Gasteiger charge is 2.07. The van der Waals surface area contributed by atoms with Gasteiger partial charge in [0.1, 0.15) is 5.82 Å². The van der Waals surface area contributed by atoms with Crippen LogP contribution in [0.3, 0.4) is 0 Å². The van der Waals surface area contributed by atoms with Crippen LogP contribution in [-0.2, 0) is 6.54 Å². The number of carbonyl (C=O) groups is 1. The van der Waals surface area contributed by atoms with Crippen LogP contribution in [0, 0.1) is 6.92 Å². The molecule has 2 heterocycles. The molecule has 2 N–H and O–H groups in total. The van der Waals surface area contributed by atoms with E-state index in [4.69, 9.17) is 0 Å². The van der Waals surface area contributed by atoms with Crippen LogP contribution in [-0.4, -0.2) is 25.8 Å². The third-order valence-corrected chi connectivity index (χ3v) is 2.95. The minimum absolute atomic E-state index is 0.141. The van der Waals surface area contributed by atoms with Crippen LogP contribution in [0.5, 0.6) is 0 Å². The number of hydrogen-bond acceptors (Lipinski definition) is 4. The number of carbonyl (C=O) groups excluding carboxylic acids is 1. The zero-order valence-corrected chi connectivity index (χ0v) is 10.9. The monoisotopic (exact) mass is 267 g/mol. The van der Waals surface area contributed by atoms with Crippen LogP contribution in [0.1, 0.15) is 21.9 Å². The number of aryl methyl sites for hydroxylation is 1. The maximum absolute atomic E-state index is 12.1. The van der Waals surface area contributed by atoms with Gasteiger partial charge in [0, 0.05) is 11.8 Å². The Morgan fingerprint density at radius 2 is 2.20 bits per heavy atom. The summed E-state index contributed by atoms with van der Waals surface area (Å²) in [6.07, 6.45) is 3.29. The van der Waals surface area contributed by atoms with Crippen molar-refractivity contribution in [2.45, 2.75) is 13.5 Å². The van der Waals surface area contributed by atoms with E-state index in [-0.39, 0.29) is 5.91 Å². The Balaban J connectivity index is 1.72. The topological polar surface area (TPSA) is 83.6 Å². The fraction of sp³-hybridized carbons (Fsp3) is 0.143. The number of nitrogens with one attached hydrogen (secondary N) is 2. The smallest absolute Gasteiger partial charge is 0.251 e. The first-order valence-electron chi connectivity index (χ1n) is 6.22. The van der Waals surface area contributed by atoms with Crippen LogP contribution in [0.2, 0.25) is 0 Å². The predicted molar refractivity (Wildman–Crippen MR) is 74.0 cm³/mol. The van der Waals surface area contributed by atoms with Crippen molar-refractivity contribution >= 4 is 16.9 Å². The minimum atomic E-state index is -0.141. The SMILES string of the molecule is Cc1nccc(CNC(=O)c2ccc3nc[nH]c3c2)n1. The molecule has 0 fully saturated rings. The Labute approximate surface area is 115 Å². The van der Waals surface area contributed by atoms with Gasteiger partial charge in [-0.3, -0.25) is 4.79 Å². The second-order valence-corrected chi connectivity index (χ2v) is 4.41. The number of fused-ring (bicyclic) bond motifs is 1. The molecule has 0 aliphatic heterocycles. The summed E-state index contributed by atoms with van der Waals surface area (Å²) >= 11 is 0. The number of nitrogens with zero attached hydrogens (tertiary/aromatic N) is 3. The van der Waals surface area contributed by atoms with Gasteiger partial charge in [-0.1, -0.05) is 0 Å². The summed E-state index contributed by atoms with van der Waals surface area (Å²) in [6, 6.07) is 7.13. The lowest BCUT2D eigenvalue weighted by Gasteiger charge is -2.05. The van der Waals surface area contributed by atoms with Crippen LogP contribution in [0.4, 0.5) is 0 Å². The number of aromatic nitrogens is 4. The highest BCUT2D eigenvalue weighted by atomic mass is 16.1. The number of benzene rings is 1. The first kappa shape index (κ1) is 12.3. The van der Waals surface area contributed by atoms with E-state index < -0.39 is 0 Å². The van der Waals surface area contributed by atoms with Crippen LogP contribution < -0.4 is 5.32 Å². The van der Waals surface area contributed by atoms with Gasteiger partial charge < -0.3 is 10.3 Å². The molecule has 0 aliphatic rings. The molecule has 0 aliphatic carbocycles. The number of amides is 1. The Hall–Kier alpha value is -2.76. The molecule has 0 radical (unpaired) electrons. The molecule has 0 saturated carbocycles. The predicted octanol–water partition coefficient (Wildman–Crippen LogP) is 1.59. The molecule has 100 valence electrons. The molecular formula is C14H13N5O. The number of H-pyrrole nitrogens is 1. The highest BCUT2D eigenvalue weighted by Crippen LogP contribution is 2.11. The van der Waals surface area contributed by atoms with Gasteiger partial charge >= 0.3 is 0 Å². The van der Waals surface area contributed by atoms with Crippen LogP contribution in [0.25, 0.3) is 11.0 Å². The second-order valence-electron chi connectivity index (χ2n) is 4.41. The Bertz CT molecular complexity index is 765. The normalized spacial score (nSPS) is 10.7. The Morgan fingerprint density at radius 1 is 1.30 bits per heavy atom. The van der Waals surface area contributed by atoms with Gasteiger partial charge in [-0.15, -0.1) is 0 Å². The van der Waals surface area contributed by atoms with Gasteiger partial charge in [-0.05, 0) is 31.2 Å². The summed E-state index contributed by atoms with van der Waals surface area (Å²) in [5.74, 6) is 0.549. The van der Waals surface area contributed by atoms with Gasteiger partial charge in [0.2, 0.25) is 0 Å². The lowest BCUT2D eigenvalue weighted by molar-refractivity contribution is 0.0950. The molecule has 3 rings (SSSR count). The average molecular weight is 267 g/mol. The van der Waals surface area contributed by atoms with Gasteiger partial charge in [0.25, 0.3) is 5.91 Å². The molecule has 1 aromatic carbocycles. The van der Waals surface area contributed by atoms with Gasteiger partial charge in [0.05, 0.1) is 29.6 Å². The van der Waals surface area contributed by atoms with Gasteiger partial charge in [0.15, 0.2) is 0 Å². The standard InChI is InChI=1S/C14H13N5O/c1-9-15-5-4-11(19-9)7-16-14(20)10-2-3-12-13(6-10)18-8-17-12/h2-6,8H,7H2,1H3,(H,16,20)(H,17,18). The summed E-state index contributed by atoms with van der Waals surface area (Å²) in [5.41, 5.74) is 3.06. The van der Waals surface area contributed by atoms with Gasteiger partial charge in [-0.2, -0.15) is 0 Å². The molecule has 0 spiro atoms. The molecule has 6 nitrogen and oxygen atoms in total. The van der Waals surface area contributed by atoms with E-state index in [2.05, 4.69) is 25.3 Å². The molecule has 6 heteroatoms.